The molecule has 0 aromatic heterocycles. The first-order valence-corrected chi connectivity index (χ1v) is 10.3. The molecule has 1 atom stereocenters. The number of halogens is 1. The molecule has 2 N–H and O–H groups in total. The first kappa shape index (κ1) is 22.4. The molecule has 10 heteroatoms. The smallest absolute Gasteiger partial charge is 0.344 e. The Bertz CT molecular complexity index is 1050. The number of thioether (sulfide) groups is 1. The number of ether oxygens (including phenoxy) is 1. The van der Waals surface area contributed by atoms with Crippen molar-refractivity contribution in [1.29, 1.82) is 0 Å². The molecule has 31 heavy (non-hydrogen) atoms. The highest BCUT2D eigenvalue weighted by molar-refractivity contribution is 8.26. The topological polar surface area (TPSA) is 95.9 Å². The van der Waals surface area contributed by atoms with E-state index in [2.05, 4.69) is 5.43 Å². The summed E-state index contributed by atoms with van der Waals surface area (Å²) in [6, 6.07) is 11.5. The summed E-state index contributed by atoms with van der Waals surface area (Å²) in [5.74, 6) is -2.22. The summed E-state index contributed by atoms with van der Waals surface area (Å²) in [5, 5.41) is 10.0. The van der Waals surface area contributed by atoms with Crippen LogP contribution in [-0.2, 0) is 9.59 Å². The van der Waals surface area contributed by atoms with Crippen LogP contribution in [0.1, 0.15) is 29.3 Å². The van der Waals surface area contributed by atoms with E-state index >= 15 is 0 Å². The second-order valence-electron chi connectivity index (χ2n) is 6.39. The maximum Gasteiger partial charge on any atom is 0.344 e. The van der Waals surface area contributed by atoms with Crippen molar-refractivity contribution in [2.75, 3.05) is 0 Å². The van der Waals surface area contributed by atoms with E-state index in [-0.39, 0.29) is 9.88 Å². The van der Waals surface area contributed by atoms with Crippen LogP contribution < -0.4 is 10.2 Å². The molecule has 0 saturated carbocycles. The van der Waals surface area contributed by atoms with E-state index in [1.165, 1.54) is 12.1 Å². The zero-order valence-corrected chi connectivity index (χ0v) is 17.8. The molecule has 0 aliphatic carbocycles. The van der Waals surface area contributed by atoms with Crippen molar-refractivity contribution in [3.05, 3.63) is 70.4 Å². The summed E-state index contributed by atoms with van der Waals surface area (Å²) < 4.78 is 18.6. The molecule has 2 amide bonds. The number of benzene rings is 2. The van der Waals surface area contributed by atoms with Gasteiger partial charge in [0.1, 0.15) is 11.6 Å². The van der Waals surface area contributed by atoms with Crippen molar-refractivity contribution < 1.29 is 28.6 Å². The Kier molecular flexibility index (Phi) is 7.03. The third-order valence-electron chi connectivity index (χ3n) is 4.22. The lowest BCUT2D eigenvalue weighted by Gasteiger charge is -2.15. The first-order chi connectivity index (χ1) is 14.8. The molecule has 1 saturated heterocycles. The summed E-state index contributed by atoms with van der Waals surface area (Å²) in [5.41, 5.74) is 3.27. The van der Waals surface area contributed by atoms with E-state index < -0.39 is 29.7 Å². The zero-order chi connectivity index (χ0) is 22.5. The molecule has 7 nitrogen and oxygen atoms in total. The standard InChI is InChI=1S/C21H17FN2O5S2/c1-2-16(20(27)28)29-15-9-3-12(4-10-15)11-17-19(26)24(21(30)31-17)23-18(25)13-5-7-14(22)8-6-13/h3-11,16H,2H2,1H3,(H,23,25)(H,27,28)/b17-11+. The minimum atomic E-state index is -1.04. The third kappa shape index (κ3) is 5.47. The third-order valence-corrected chi connectivity index (χ3v) is 5.52. The summed E-state index contributed by atoms with van der Waals surface area (Å²) >= 11 is 6.21. The molecule has 160 valence electrons. The van der Waals surface area contributed by atoms with Crippen LogP contribution in [0.4, 0.5) is 4.39 Å². The normalized spacial score (nSPS) is 15.8. The molecule has 1 fully saturated rings. The van der Waals surface area contributed by atoms with E-state index in [0.717, 1.165) is 28.9 Å². The largest absolute Gasteiger partial charge is 0.479 e. The molecule has 0 spiro atoms. The Balaban J connectivity index is 1.69. The lowest BCUT2D eigenvalue weighted by molar-refractivity contribution is -0.145. The molecule has 0 radical (unpaired) electrons. The summed E-state index contributed by atoms with van der Waals surface area (Å²) in [4.78, 5) is 36.3. The average molecular weight is 461 g/mol. The maximum absolute atomic E-state index is 13.0. The second-order valence-corrected chi connectivity index (χ2v) is 8.06. The van der Waals surface area contributed by atoms with Gasteiger partial charge in [-0.1, -0.05) is 30.8 Å². The van der Waals surface area contributed by atoms with Crippen LogP contribution in [-0.4, -0.2) is 38.3 Å². The Labute approximate surface area is 186 Å². The van der Waals surface area contributed by atoms with Gasteiger partial charge in [-0.2, -0.15) is 5.01 Å². The molecule has 3 rings (SSSR count). The van der Waals surface area contributed by atoms with Gasteiger partial charge in [0.2, 0.25) is 0 Å². The van der Waals surface area contributed by atoms with Gasteiger partial charge >= 0.3 is 5.97 Å². The highest BCUT2D eigenvalue weighted by atomic mass is 32.2. The van der Waals surface area contributed by atoms with Crippen molar-refractivity contribution in [3.63, 3.8) is 0 Å². The van der Waals surface area contributed by atoms with Crippen LogP contribution in [0.25, 0.3) is 6.08 Å². The lowest BCUT2D eigenvalue weighted by atomic mass is 10.2. The monoisotopic (exact) mass is 460 g/mol. The Morgan fingerprint density at radius 1 is 1.23 bits per heavy atom. The number of hydrazine groups is 1. The van der Waals surface area contributed by atoms with E-state index in [0.29, 0.717) is 22.6 Å². The fraction of sp³-hybridized carbons (Fsp3) is 0.143. The highest BCUT2D eigenvalue weighted by Crippen LogP contribution is 2.31. The van der Waals surface area contributed by atoms with Crippen LogP contribution in [0.5, 0.6) is 5.75 Å². The number of rotatable bonds is 7. The molecular weight excluding hydrogens is 443 g/mol. The minimum absolute atomic E-state index is 0.152. The lowest BCUT2D eigenvalue weighted by Crippen LogP contribution is -2.44. The summed E-state index contributed by atoms with van der Waals surface area (Å²) in [7, 11) is 0. The summed E-state index contributed by atoms with van der Waals surface area (Å²) in [6.07, 6.45) is 0.983. The van der Waals surface area contributed by atoms with Crippen molar-refractivity contribution in [1.82, 2.24) is 10.4 Å². The van der Waals surface area contributed by atoms with Gasteiger partial charge in [0, 0.05) is 5.56 Å². The molecule has 1 aliphatic heterocycles. The molecule has 1 heterocycles. The number of carboxylic acids is 1. The fourth-order valence-corrected chi connectivity index (χ4v) is 3.78. The number of hydrogen-bond acceptors (Lipinski definition) is 6. The number of carbonyl (C=O) groups is 3. The van der Waals surface area contributed by atoms with Crippen molar-refractivity contribution in [3.8, 4) is 5.75 Å². The maximum atomic E-state index is 13.0. The second kappa shape index (κ2) is 9.71. The predicted molar refractivity (Wildman–Crippen MR) is 118 cm³/mol. The van der Waals surface area contributed by atoms with Gasteiger partial charge < -0.3 is 9.84 Å². The van der Waals surface area contributed by atoms with Gasteiger partial charge in [0.15, 0.2) is 10.4 Å². The highest BCUT2D eigenvalue weighted by Gasteiger charge is 2.33. The van der Waals surface area contributed by atoms with Gasteiger partial charge in [-0.25, -0.2) is 9.18 Å². The zero-order valence-electron chi connectivity index (χ0n) is 16.2. The SMILES string of the molecule is CCC(Oc1ccc(/C=C2/SC(=S)N(NC(=O)c3ccc(F)cc3)C2=O)cc1)C(=O)O. The fourth-order valence-electron chi connectivity index (χ4n) is 2.60. The van der Waals surface area contributed by atoms with Crippen LogP contribution >= 0.6 is 24.0 Å². The number of nitrogens with one attached hydrogen (secondary N) is 1. The number of amides is 2. The van der Waals surface area contributed by atoms with Crippen molar-refractivity contribution in [2.45, 2.75) is 19.4 Å². The van der Waals surface area contributed by atoms with Gasteiger partial charge in [-0.05, 0) is 66.7 Å². The van der Waals surface area contributed by atoms with Gasteiger partial charge in [-0.15, -0.1) is 0 Å². The van der Waals surface area contributed by atoms with Crippen molar-refractivity contribution in [2.24, 2.45) is 0 Å². The summed E-state index contributed by atoms with van der Waals surface area (Å²) in [6.45, 7) is 1.71. The minimum Gasteiger partial charge on any atom is -0.479 e. The average Bonchev–Trinajstić information content (AvgIpc) is 3.00. The van der Waals surface area contributed by atoms with Gasteiger partial charge in [-0.3, -0.25) is 15.0 Å². The molecule has 2 aromatic rings. The number of hydrogen-bond donors (Lipinski definition) is 2. The first-order valence-electron chi connectivity index (χ1n) is 9.12. The number of aliphatic carboxylic acids is 1. The van der Waals surface area contributed by atoms with Crippen LogP contribution in [0.3, 0.4) is 0 Å². The molecule has 0 bridgehead atoms. The van der Waals surface area contributed by atoms with E-state index in [1.807, 2.05) is 0 Å². The quantitative estimate of drug-likeness (QED) is 0.481. The Morgan fingerprint density at radius 2 is 1.87 bits per heavy atom. The Hall–Kier alpha value is -3.24. The molecule has 1 unspecified atom stereocenters. The van der Waals surface area contributed by atoms with Crippen LogP contribution in [0, 0.1) is 5.82 Å². The van der Waals surface area contributed by atoms with E-state index in [9.17, 15) is 18.8 Å². The van der Waals surface area contributed by atoms with Gasteiger partial charge in [0.05, 0.1) is 4.91 Å². The van der Waals surface area contributed by atoms with Crippen molar-refractivity contribution >= 4 is 52.2 Å². The van der Waals surface area contributed by atoms with Crippen LogP contribution in [0.15, 0.2) is 53.4 Å². The number of nitrogens with zero attached hydrogens (tertiary/aromatic N) is 1. The number of carbonyl (C=O) groups excluding carboxylic acids is 2. The van der Waals surface area contributed by atoms with E-state index in [1.54, 1.807) is 37.3 Å². The number of carboxylic acid groups (broad SMARTS) is 1. The van der Waals surface area contributed by atoms with Gasteiger partial charge in [0.25, 0.3) is 11.8 Å². The predicted octanol–water partition coefficient (Wildman–Crippen LogP) is 3.61. The van der Waals surface area contributed by atoms with Crippen LogP contribution in [0.2, 0.25) is 0 Å². The number of thiocarbonyl (C=S) groups is 1. The molecular formula is C21H17FN2O5S2. The Morgan fingerprint density at radius 3 is 2.45 bits per heavy atom. The molecule has 2 aromatic carbocycles. The molecule has 1 aliphatic rings. The van der Waals surface area contributed by atoms with E-state index in [4.69, 9.17) is 22.1 Å².